The first-order chi connectivity index (χ1) is 10.3. The van der Waals surface area contributed by atoms with Crippen LogP contribution in [0, 0.1) is 0 Å². The molecule has 22 heavy (non-hydrogen) atoms. The molecule has 0 amide bonds. The van der Waals surface area contributed by atoms with E-state index in [2.05, 4.69) is 10.1 Å². The number of alkyl halides is 3. The molecule has 2 heterocycles. The number of aromatic carboxylic acids is 1. The van der Waals surface area contributed by atoms with Crippen LogP contribution < -0.4 is 0 Å². The Morgan fingerprint density at radius 2 is 1.95 bits per heavy atom. The molecule has 112 valence electrons. The zero-order chi connectivity index (χ0) is 15.9. The van der Waals surface area contributed by atoms with Crippen molar-refractivity contribution in [2.75, 3.05) is 0 Å². The van der Waals surface area contributed by atoms with E-state index in [1.54, 1.807) is 0 Å². The number of hydrogen-bond acceptors (Lipinski definition) is 3. The van der Waals surface area contributed by atoms with Gasteiger partial charge < -0.3 is 5.11 Å². The quantitative estimate of drug-likeness (QED) is 0.790. The molecule has 0 aliphatic rings. The topological polar surface area (TPSA) is 67.5 Å². The first-order valence-corrected chi connectivity index (χ1v) is 6.12. The third-order valence-electron chi connectivity index (χ3n) is 3.03. The van der Waals surface area contributed by atoms with Crippen molar-refractivity contribution in [2.45, 2.75) is 6.18 Å². The standard InChI is InChI=1S/C14H8F3N3O2/c15-14(16,17)10-3-1-2-8(6-10)12-18-11-7-9(13(21)22)4-5-20(11)19-12/h1-7H,(H,21,22). The summed E-state index contributed by atoms with van der Waals surface area (Å²) in [7, 11) is 0. The Hall–Kier alpha value is -2.90. The molecule has 0 saturated carbocycles. The number of carboxylic acid groups (broad SMARTS) is 1. The van der Waals surface area contributed by atoms with E-state index in [0.717, 1.165) is 12.1 Å². The van der Waals surface area contributed by atoms with Gasteiger partial charge >= 0.3 is 12.1 Å². The second kappa shape index (κ2) is 4.83. The molecule has 3 rings (SSSR count). The second-order valence-electron chi connectivity index (χ2n) is 4.54. The van der Waals surface area contributed by atoms with E-state index in [1.807, 2.05) is 0 Å². The summed E-state index contributed by atoms with van der Waals surface area (Å²) in [5.74, 6) is -1.03. The SMILES string of the molecule is O=C(O)c1ccn2nc(-c3cccc(C(F)(F)F)c3)nc2c1. The van der Waals surface area contributed by atoms with Gasteiger partial charge in [-0.15, -0.1) is 5.10 Å². The van der Waals surface area contributed by atoms with Gasteiger partial charge in [0.15, 0.2) is 11.5 Å². The van der Waals surface area contributed by atoms with Gasteiger partial charge in [-0.25, -0.2) is 14.3 Å². The van der Waals surface area contributed by atoms with Gasteiger partial charge in [0.05, 0.1) is 11.1 Å². The van der Waals surface area contributed by atoms with Crippen molar-refractivity contribution in [3.05, 3.63) is 53.7 Å². The van der Waals surface area contributed by atoms with Gasteiger partial charge in [-0.3, -0.25) is 0 Å². The number of aromatic nitrogens is 3. The van der Waals surface area contributed by atoms with E-state index in [4.69, 9.17) is 5.11 Å². The highest BCUT2D eigenvalue weighted by molar-refractivity contribution is 5.88. The highest BCUT2D eigenvalue weighted by Gasteiger charge is 2.30. The highest BCUT2D eigenvalue weighted by Crippen LogP contribution is 2.31. The lowest BCUT2D eigenvalue weighted by Gasteiger charge is -2.06. The van der Waals surface area contributed by atoms with E-state index in [1.165, 1.54) is 35.0 Å². The Kier molecular flexibility index (Phi) is 3.09. The Bertz CT molecular complexity index is 871. The van der Waals surface area contributed by atoms with Gasteiger partial charge in [0, 0.05) is 11.8 Å². The average Bonchev–Trinajstić information content (AvgIpc) is 2.89. The summed E-state index contributed by atoms with van der Waals surface area (Å²) in [6.07, 6.45) is -3.06. The third-order valence-corrected chi connectivity index (χ3v) is 3.03. The zero-order valence-corrected chi connectivity index (χ0v) is 10.9. The van der Waals surface area contributed by atoms with Crippen LogP contribution in [0.15, 0.2) is 42.6 Å². The first-order valence-electron chi connectivity index (χ1n) is 6.12. The van der Waals surface area contributed by atoms with Crippen molar-refractivity contribution in [2.24, 2.45) is 0 Å². The van der Waals surface area contributed by atoms with Crippen LogP contribution in [0.1, 0.15) is 15.9 Å². The fraction of sp³-hybridized carbons (Fsp3) is 0.0714. The van der Waals surface area contributed by atoms with Crippen LogP contribution in [0.25, 0.3) is 17.0 Å². The summed E-state index contributed by atoms with van der Waals surface area (Å²) in [5, 5.41) is 13.0. The van der Waals surface area contributed by atoms with Crippen molar-refractivity contribution in [3.8, 4) is 11.4 Å². The van der Waals surface area contributed by atoms with E-state index < -0.39 is 17.7 Å². The van der Waals surface area contributed by atoms with Crippen molar-refractivity contribution < 1.29 is 23.1 Å². The van der Waals surface area contributed by atoms with Crippen LogP contribution >= 0.6 is 0 Å². The van der Waals surface area contributed by atoms with E-state index in [0.29, 0.717) is 0 Å². The Morgan fingerprint density at radius 1 is 1.18 bits per heavy atom. The van der Waals surface area contributed by atoms with Gasteiger partial charge in [-0.1, -0.05) is 12.1 Å². The molecule has 0 bridgehead atoms. The van der Waals surface area contributed by atoms with Gasteiger partial charge in [0.1, 0.15) is 0 Å². The van der Waals surface area contributed by atoms with E-state index in [9.17, 15) is 18.0 Å². The normalized spacial score (nSPS) is 11.8. The molecule has 0 fully saturated rings. The number of pyridine rings is 1. The molecule has 2 aromatic heterocycles. The van der Waals surface area contributed by atoms with Crippen molar-refractivity contribution in [3.63, 3.8) is 0 Å². The lowest BCUT2D eigenvalue weighted by Crippen LogP contribution is -2.04. The van der Waals surface area contributed by atoms with Crippen LogP contribution in [0.4, 0.5) is 13.2 Å². The maximum absolute atomic E-state index is 12.7. The molecule has 5 nitrogen and oxygen atoms in total. The Balaban J connectivity index is 2.09. The highest BCUT2D eigenvalue weighted by atomic mass is 19.4. The fourth-order valence-corrected chi connectivity index (χ4v) is 1.97. The number of fused-ring (bicyclic) bond motifs is 1. The van der Waals surface area contributed by atoms with Gasteiger partial charge in [0.25, 0.3) is 0 Å². The van der Waals surface area contributed by atoms with Gasteiger partial charge in [-0.2, -0.15) is 13.2 Å². The van der Waals surface area contributed by atoms with Crippen LogP contribution in [0.5, 0.6) is 0 Å². The molecule has 0 aliphatic heterocycles. The Labute approximate surface area is 121 Å². The molecule has 8 heteroatoms. The predicted octanol–water partition coefficient (Wildman–Crippen LogP) is 3.11. The summed E-state index contributed by atoms with van der Waals surface area (Å²) in [5.41, 5.74) is -0.326. The lowest BCUT2D eigenvalue weighted by atomic mass is 10.1. The van der Waals surface area contributed by atoms with E-state index in [-0.39, 0.29) is 22.6 Å². The number of hydrogen-bond donors (Lipinski definition) is 1. The minimum Gasteiger partial charge on any atom is -0.478 e. The molecule has 0 atom stereocenters. The van der Waals surface area contributed by atoms with Crippen LogP contribution in [0.3, 0.4) is 0 Å². The molecular formula is C14H8F3N3O2. The smallest absolute Gasteiger partial charge is 0.416 e. The summed E-state index contributed by atoms with van der Waals surface area (Å²) in [4.78, 5) is 15.0. The Morgan fingerprint density at radius 3 is 2.64 bits per heavy atom. The molecule has 0 saturated heterocycles. The summed E-state index contributed by atoms with van der Waals surface area (Å²) in [6, 6.07) is 7.27. The van der Waals surface area contributed by atoms with Crippen molar-refractivity contribution >= 4 is 11.6 Å². The number of benzene rings is 1. The summed E-state index contributed by atoms with van der Waals surface area (Å²) >= 11 is 0. The molecule has 0 radical (unpaired) electrons. The monoisotopic (exact) mass is 307 g/mol. The number of halogens is 3. The maximum Gasteiger partial charge on any atom is 0.416 e. The minimum atomic E-state index is -4.45. The fourth-order valence-electron chi connectivity index (χ4n) is 1.97. The van der Waals surface area contributed by atoms with Crippen LogP contribution in [-0.2, 0) is 6.18 Å². The average molecular weight is 307 g/mol. The molecule has 0 spiro atoms. The van der Waals surface area contributed by atoms with Gasteiger partial charge in [-0.05, 0) is 24.3 Å². The minimum absolute atomic E-state index is 0.0236. The molecule has 0 unspecified atom stereocenters. The number of carbonyl (C=O) groups is 1. The van der Waals surface area contributed by atoms with Gasteiger partial charge in [0.2, 0.25) is 0 Å². The lowest BCUT2D eigenvalue weighted by molar-refractivity contribution is -0.137. The first kappa shape index (κ1) is 14.1. The summed E-state index contributed by atoms with van der Waals surface area (Å²) < 4.78 is 39.5. The van der Waals surface area contributed by atoms with E-state index >= 15 is 0 Å². The third kappa shape index (κ3) is 2.50. The van der Waals surface area contributed by atoms with Crippen molar-refractivity contribution in [1.82, 2.24) is 14.6 Å². The van der Waals surface area contributed by atoms with Crippen LogP contribution in [0.2, 0.25) is 0 Å². The molecule has 0 aliphatic carbocycles. The number of carboxylic acids is 1. The van der Waals surface area contributed by atoms with Crippen LogP contribution in [-0.4, -0.2) is 25.7 Å². The maximum atomic E-state index is 12.7. The molecule has 1 aromatic carbocycles. The number of nitrogens with zero attached hydrogens (tertiary/aromatic N) is 3. The molecule has 1 N–H and O–H groups in total. The molecular weight excluding hydrogens is 299 g/mol. The predicted molar refractivity (Wildman–Crippen MR) is 70.4 cm³/mol. The van der Waals surface area contributed by atoms with Crippen molar-refractivity contribution in [1.29, 1.82) is 0 Å². The zero-order valence-electron chi connectivity index (χ0n) is 10.9. The second-order valence-corrected chi connectivity index (χ2v) is 4.54. The number of rotatable bonds is 2. The summed E-state index contributed by atoms with van der Waals surface area (Å²) in [6.45, 7) is 0. The molecule has 3 aromatic rings. The largest absolute Gasteiger partial charge is 0.478 e.